The second kappa shape index (κ2) is 4.14. The molecular weight excluding hydrogens is 232 g/mol. The number of guanidine groups is 1. The largest absolute Gasteiger partial charge is 0.422 e. The topological polar surface area (TPSA) is 93.5 Å². The average Bonchev–Trinajstić information content (AvgIpc) is 3.10. The number of hydrogen-bond donors (Lipinski definition) is 2. The monoisotopic (exact) mass is 244 g/mol. The number of aromatic nitrogens is 1. The molecule has 92 valence electrons. The predicted octanol–water partition coefficient (Wildman–Crippen LogP) is 1.30. The molecule has 18 heavy (non-hydrogen) atoms. The molecule has 1 amide bonds. The standard InChI is InChI=1S/C12H12N4O2/c13-11(15-10(17)7-5-6-7)16-12-14-8-3-1-2-4-9(8)18-12/h1-4,7H,5-6H2,(H3,13,14,15,16,17). The summed E-state index contributed by atoms with van der Waals surface area (Å²) >= 11 is 0. The Bertz CT molecular complexity index is 595. The summed E-state index contributed by atoms with van der Waals surface area (Å²) in [6, 6.07) is 7.46. The molecule has 1 fully saturated rings. The zero-order valence-electron chi connectivity index (χ0n) is 9.59. The third-order valence-electron chi connectivity index (χ3n) is 2.70. The van der Waals surface area contributed by atoms with Crippen molar-refractivity contribution < 1.29 is 9.21 Å². The number of nitrogens with zero attached hydrogens (tertiary/aromatic N) is 2. The van der Waals surface area contributed by atoms with Gasteiger partial charge in [-0.3, -0.25) is 10.1 Å². The van der Waals surface area contributed by atoms with Crippen LogP contribution in [0.4, 0.5) is 6.01 Å². The van der Waals surface area contributed by atoms with Gasteiger partial charge in [0.1, 0.15) is 5.52 Å². The number of para-hydroxylation sites is 2. The number of nitrogens with one attached hydrogen (secondary N) is 1. The van der Waals surface area contributed by atoms with Crippen LogP contribution in [0.3, 0.4) is 0 Å². The van der Waals surface area contributed by atoms with Gasteiger partial charge < -0.3 is 10.2 Å². The second-order valence-corrected chi connectivity index (χ2v) is 4.22. The van der Waals surface area contributed by atoms with Gasteiger partial charge in [0, 0.05) is 5.92 Å². The Morgan fingerprint density at radius 1 is 1.44 bits per heavy atom. The number of oxazole rings is 1. The maximum absolute atomic E-state index is 11.5. The van der Waals surface area contributed by atoms with E-state index in [-0.39, 0.29) is 23.8 Å². The molecular formula is C12H12N4O2. The van der Waals surface area contributed by atoms with Crippen LogP contribution in [-0.2, 0) is 4.79 Å². The number of carbonyl (C=O) groups is 1. The molecule has 0 atom stereocenters. The van der Waals surface area contributed by atoms with Crippen LogP contribution in [-0.4, -0.2) is 16.9 Å². The Morgan fingerprint density at radius 3 is 2.94 bits per heavy atom. The van der Waals surface area contributed by atoms with Crippen LogP contribution in [0.15, 0.2) is 33.7 Å². The van der Waals surface area contributed by atoms with Gasteiger partial charge in [0.2, 0.25) is 11.9 Å². The van der Waals surface area contributed by atoms with Crippen LogP contribution in [0.5, 0.6) is 0 Å². The van der Waals surface area contributed by atoms with Gasteiger partial charge >= 0.3 is 6.01 Å². The summed E-state index contributed by atoms with van der Waals surface area (Å²) in [4.78, 5) is 19.5. The molecule has 0 aliphatic heterocycles. The molecule has 3 rings (SSSR count). The van der Waals surface area contributed by atoms with Crippen molar-refractivity contribution in [3.63, 3.8) is 0 Å². The van der Waals surface area contributed by atoms with E-state index in [2.05, 4.69) is 15.3 Å². The zero-order valence-corrected chi connectivity index (χ0v) is 9.59. The van der Waals surface area contributed by atoms with Gasteiger partial charge in [0.15, 0.2) is 5.58 Å². The third kappa shape index (κ3) is 2.17. The highest BCUT2D eigenvalue weighted by atomic mass is 16.4. The lowest BCUT2D eigenvalue weighted by atomic mass is 10.3. The Morgan fingerprint density at radius 2 is 2.22 bits per heavy atom. The van der Waals surface area contributed by atoms with E-state index in [1.165, 1.54) is 0 Å². The van der Waals surface area contributed by atoms with E-state index in [9.17, 15) is 4.79 Å². The van der Waals surface area contributed by atoms with Gasteiger partial charge in [-0.1, -0.05) is 12.1 Å². The first-order valence-electron chi connectivity index (χ1n) is 5.73. The lowest BCUT2D eigenvalue weighted by Crippen LogP contribution is -2.37. The van der Waals surface area contributed by atoms with E-state index in [4.69, 9.17) is 10.2 Å². The number of hydrogen-bond acceptors (Lipinski definition) is 4. The summed E-state index contributed by atoms with van der Waals surface area (Å²) in [5.74, 6) is 0.00759. The fraction of sp³-hybridized carbons (Fsp3) is 0.250. The summed E-state index contributed by atoms with van der Waals surface area (Å²) in [6.07, 6.45) is 1.84. The fourth-order valence-corrected chi connectivity index (χ4v) is 1.61. The lowest BCUT2D eigenvalue weighted by molar-refractivity contribution is -0.120. The Labute approximate surface area is 103 Å². The molecule has 0 saturated heterocycles. The number of amides is 1. The minimum absolute atomic E-state index is 0.0125. The highest BCUT2D eigenvalue weighted by molar-refractivity contribution is 5.98. The number of benzene rings is 1. The lowest BCUT2D eigenvalue weighted by Gasteiger charge is -2.00. The van der Waals surface area contributed by atoms with Crippen molar-refractivity contribution in [3.05, 3.63) is 24.3 Å². The van der Waals surface area contributed by atoms with Crippen LogP contribution in [0.2, 0.25) is 0 Å². The van der Waals surface area contributed by atoms with Gasteiger partial charge in [-0.2, -0.15) is 9.98 Å². The molecule has 6 nitrogen and oxygen atoms in total. The molecule has 1 aliphatic rings. The first-order valence-corrected chi connectivity index (χ1v) is 5.73. The number of aliphatic imine (C=N–C) groups is 1. The molecule has 3 N–H and O–H groups in total. The van der Waals surface area contributed by atoms with Gasteiger partial charge in [0.25, 0.3) is 0 Å². The van der Waals surface area contributed by atoms with Crippen LogP contribution in [0, 0.1) is 5.92 Å². The van der Waals surface area contributed by atoms with E-state index in [0.717, 1.165) is 12.8 Å². The molecule has 2 aromatic rings. The summed E-state index contributed by atoms with van der Waals surface area (Å²) in [5.41, 5.74) is 6.95. The average molecular weight is 244 g/mol. The third-order valence-corrected chi connectivity index (χ3v) is 2.70. The number of nitrogens with two attached hydrogens (primary N) is 1. The predicted molar refractivity (Wildman–Crippen MR) is 66.2 cm³/mol. The van der Waals surface area contributed by atoms with E-state index in [1.807, 2.05) is 18.2 Å². The van der Waals surface area contributed by atoms with Gasteiger partial charge in [-0.15, -0.1) is 0 Å². The summed E-state index contributed by atoms with van der Waals surface area (Å²) in [5, 5.41) is 2.52. The second-order valence-electron chi connectivity index (χ2n) is 4.22. The van der Waals surface area contributed by atoms with Crippen LogP contribution < -0.4 is 11.1 Å². The quantitative estimate of drug-likeness (QED) is 0.615. The number of fused-ring (bicyclic) bond motifs is 1. The van der Waals surface area contributed by atoms with Crippen molar-refractivity contribution in [2.45, 2.75) is 12.8 Å². The van der Waals surface area contributed by atoms with Crippen molar-refractivity contribution in [3.8, 4) is 0 Å². The minimum Gasteiger partial charge on any atom is -0.422 e. The van der Waals surface area contributed by atoms with Crippen molar-refractivity contribution in [2.24, 2.45) is 16.6 Å². The first kappa shape index (κ1) is 10.8. The minimum atomic E-state index is -0.0904. The van der Waals surface area contributed by atoms with Crippen molar-refractivity contribution in [1.29, 1.82) is 0 Å². The van der Waals surface area contributed by atoms with Gasteiger partial charge in [-0.25, -0.2) is 0 Å². The molecule has 1 aliphatic carbocycles. The first-order chi connectivity index (χ1) is 8.72. The van der Waals surface area contributed by atoms with Gasteiger partial charge in [0.05, 0.1) is 0 Å². The van der Waals surface area contributed by atoms with Crippen LogP contribution in [0.25, 0.3) is 11.1 Å². The normalized spacial score (nSPS) is 15.9. The molecule has 6 heteroatoms. The molecule has 1 aromatic heterocycles. The highest BCUT2D eigenvalue weighted by Crippen LogP contribution is 2.28. The molecule has 0 unspecified atom stereocenters. The molecule has 0 bridgehead atoms. The number of carbonyl (C=O) groups excluding carboxylic acids is 1. The van der Waals surface area contributed by atoms with Crippen molar-refractivity contribution >= 4 is 29.0 Å². The maximum Gasteiger partial charge on any atom is 0.325 e. The van der Waals surface area contributed by atoms with E-state index >= 15 is 0 Å². The summed E-state index contributed by atoms with van der Waals surface area (Å²) < 4.78 is 5.37. The van der Waals surface area contributed by atoms with E-state index in [0.29, 0.717) is 11.1 Å². The Kier molecular flexibility index (Phi) is 2.47. The van der Waals surface area contributed by atoms with Crippen molar-refractivity contribution in [1.82, 2.24) is 10.3 Å². The molecule has 1 aromatic carbocycles. The van der Waals surface area contributed by atoms with Crippen molar-refractivity contribution in [2.75, 3.05) is 0 Å². The Balaban J connectivity index is 1.79. The van der Waals surface area contributed by atoms with E-state index in [1.54, 1.807) is 6.07 Å². The summed E-state index contributed by atoms with van der Waals surface area (Å²) in [7, 11) is 0. The van der Waals surface area contributed by atoms with Crippen LogP contribution >= 0.6 is 0 Å². The Hall–Kier alpha value is -2.37. The molecule has 0 radical (unpaired) electrons. The maximum atomic E-state index is 11.5. The van der Waals surface area contributed by atoms with Crippen LogP contribution in [0.1, 0.15) is 12.8 Å². The number of rotatable bonds is 2. The summed E-state index contributed by atoms with van der Waals surface area (Å²) in [6.45, 7) is 0. The smallest absolute Gasteiger partial charge is 0.325 e. The molecule has 0 spiro atoms. The van der Waals surface area contributed by atoms with E-state index < -0.39 is 0 Å². The fourth-order valence-electron chi connectivity index (χ4n) is 1.61. The van der Waals surface area contributed by atoms with Gasteiger partial charge in [-0.05, 0) is 25.0 Å². The molecule has 1 saturated carbocycles. The zero-order chi connectivity index (χ0) is 12.5. The SMILES string of the molecule is NC(=Nc1nc2ccccc2o1)NC(=O)C1CC1. The molecule has 1 heterocycles. The highest BCUT2D eigenvalue weighted by Gasteiger charge is 2.29.